The summed E-state index contributed by atoms with van der Waals surface area (Å²) < 4.78 is 1.72. The van der Waals surface area contributed by atoms with Gasteiger partial charge in [0.05, 0.1) is 5.69 Å². The van der Waals surface area contributed by atoms with Crippen LogP contribution in [0.25, 0.3) is 10.8 Å². The van der Waals surface area contributed by atoms with Crippen LogP contribution < -0.4 is 0 Å². The maximum atomic E-state index is 10.6. The van der Waals surface area contributed by atoms with Crippen LogP contribution >= 0.6 is 0 Å². The van der Waals surface area contributed by atoms with Crippen LogP contribution in [0.15, 0.2) is 42.9 Å². The van der Waals surface area contributed by atoms with Crippen LogP contribution in [-0.2, 0) is 7.05 Å². The minimum atomic E-state index is -0.667. The van der Waals surface area contributed by atoms with Gasteiger partial charge in [0.1, 0.15) is 6.10 Å². The molecule has 0 aliphatic heterocycles. The van der Waals surface area contributed by atoms with Crippen LogP contribution in [0.2, 0.25) is 0 Å². The average molecular weight is 253 g/mol. The number of aliphatic hydroxyl groups excluding tert-OH is 1. The monoisotopic (exact) mass is 253 g/mol. The summed E-state index contributed by atoms with van der Waals surface area (Å²) in [6.07, 6.45) is 4.75. The van der Waals surface area contributed by atoms with Gasteiger partial charge >= 0.3 is 0 Å². The second-order valence-corrected chi connectivity index (χ2v) is 4.69. The Balaban J connectivity index is 2.16. The minimum Gasteiger partial charge on any atom is -0.384 e. The number of nitrogens with zero attached hydrogens (tertiary/aromatic N) is 3. The van der Waals surface area contributed by atoms with Crippen LogP contribution in [0, 0.1) is 6.92 Å². The first-order valence-electron chi connectivity index (χ1n) is 6.17. The Morgan fingerprint density at radius 2 is 2.05 bits per heavy atom. The van der Waals surface area contributed by atoms with E-state index in [4.69, 9.17) is 0 Å². The summed E-state index contributed by atoms with van der Waals surface area (Å²) in [5.74, 6) is 0. The molecule has 3 rings (SSSR count). The highest BCUT2D eigenvalue weighted by Gasteiger charge is 2.17. The quantitative estimate of drug-likeness (QED) is 0.762. The van der Waals surface area contributed by atoms with Crippen LogP contribution in [0.1, 0.15) is 22.9 Å². The number of aromatic nitrogens is 3. The number of pyridine rings is 1. The Morgan fingerprint density at radius 1 is 1.21 bits per heavy atom. The minimum absolute atomic E-state index is 0.667. The number of hydrogen-bond donors (Lipinski definition) is 1. The molecule has 96 valence electrons. The second kappa shape index (κ2) is 4.48. The predicted octanol–water partition coefficient (Wildman–Crippen LogP) is 2.36. The topological polar surface area (TPSA) is 50.9 Å². The smallest absolute Gasteiger partial charge is 0.108 e. The Morgan fingerprint density at radius 3 is 2.79 bits per heavy atom. The van der Waals surface area contributed by atoms with E-state index >= 15 is 0 Å². The molecule has 4 heteroatoms. The van der Waals surface area contributed by atoms with E-state index < -0.39 is 6.10 Å². The molecule has 0 spiro atoms. The van der Waals surface area contributed by atoms with Crippen LogP contribution in [0.5, 0.6) is 0 Å². The molecule has 0 radical (unpaired) electrons. The Hall–Kier alpha value is -2.20. The van der Waals surface area contributed by atoms with Crippen molar-refractivity contribution in [2.45, 2.75) is 13.0 Å². The first kappa shape index (κ1) is 11.9. The van der Waals surface area contributed by atoms with Crippen molar-refractivity contribution < 1.29 is 5.11 Å². The molecule has 0 bridgehead atoms. The van der Waals surface area contributed by atoms with E-state index in [1.165, 1.54) is 0 Å². The number of benzene rings is 1. The summed E-state index contributed by atoms with van der Waals surface area (Å²) in [5.41, 5.74) is 2.57. The molecule has 0 amide bonds. The van der Waals surface area contributed by atoms with E-state index in [0.29, 0.717) is 0 Å². The highest BCUT2D eigenvalue weighted by Crippen LogP contribution is 2.29. The van der Waals surface area contributed by atoms with Gasteiger partial charge in [0.2, 0.25) is 0 Å². The molecular weight excluding hydrogens is 238 g/mol. The van der Waals surface area contributed by atoms with Crippen molar-refractivity contribution in [2.24, 2.45) is 7.05 Å². The van der Waals surface area contributed by atoms with Gasteiger partial charge < -0.3 is 5.11 Å². The fraction of sp³-hybridized carbons (Fsp3) is 0.200. The summed E-state index contributed by atoms with van der Waals surface area (Å²) in [7, 11) is 1.86. The molecule has 0 saturated carbocycles. The lowest BCUT2D eigenvalue weighted by Gasteiger charge is -2.13. The Kier molecular flexibility index (Phi) is 2.80. The molecule has 3 aromatic rings. The molecule has 0 saturated heterocycles. The maximum Gasteiger partial charge on any atom is 0.108 e. The molecular formula is C15H15N3O. The van der Waals surface area contributed by atoms with E-state index in [1.807, 2.05) is 50.6 Å². The van der Waals surface area contributed by atoms with E-state index in [1.54, 1.807) is 10.9 Å². The highest BCUT2D eigenvalue weighted by atomic mass is 16.3. The molecule has 1 atom stereocenters. The zero-order valence-electron chi connectivity index (χ0n) is 10.9. The summed E-state index contributed by atoms with van der Waals surface area (Å²) in [6.45, 7) is 1.91. The third-order valence-electron chi connectivity index (χ3n) is 3.36. The van der Waals surface area contributed by atoms with Gasteiger partial charge in [-0.3, -0.25) is 9.67 Å². The standard InChI is InChI=1S/C15H15N3O/c1-10-14(9-18(2)17-10)15(19)13-5-3-4-11-8-16-7-6-12(11)13/h3-9,15,19H,1-2H3. The number of hydrogen-bond acceptors (Lipinski definition) is 3. The molecule has 1 unspecified atom stereocenters. The average Bonchev–Trinajstić information content (AvgIpc) is 2.76. The number of aliphatic hydroxyl groups is 1. The van der Waals surface area contributed by atoms with Gasteiger partial charge in [0, 0.05) is 36.6 Å². The molecule has 2 heterocycles. The van der Waals surface area contributed by atoms with E-state index in [-0.39, 0.29) is 0 Å². The van der Waals surface area contributed by atoms with Gasteiger partial charge in [-0.1, -0.05) is 18.2 Å². The molecule has 0 aliphatic carbocycles. The predicted molar refractivity (Wildman–Crippen MR) is 73.7 cm³/mol. The largest absolute Gasteiger partial charge is 0.384 e. The molecule has 0 aliphatic rings. The van der Waals surface area contributed by atoms with Gasteiger partial charge in [0.25, 0.3) is 0 Å². The maximum absolute atomic E-state index is 10.6. The van der Waals surface area contributed by atoms with Crippen molar-refractivity contribution in [3.63, 3.8) is 0 Å². The zero-order valence-corrected chi connectivity index (χ0v) is 10.9. The van der Waals surface area contributed by atoms with Crippen LogP contribution in [0.3, 0.4) is 0 Å². The van der Waals surface area contributed by atoms with Crippen molar-refractivity contribution in [1.82, 2.24) is 14.8 Å². The molecule has 19 heavy (non-hydrogen) atoms. The van der Waals surface area contributed by atoms with Gasteiger partial charge in [-0.15, -0.1) is 0 Å². The number of fused-ring (bicyclic) bond motifs is 1. The van der Waals surface area contributed by atoms with Gasteiger partial charge in [-0.25, -0.2) is 0 Å². The lowest BCUT2D eigenvalue weighted by molar-refractivity contribution is 0.221. The third kappa shape index (κ3) is 2.00. The van der Waals surface area contributed by atoms with E-state index in [2.05, 4.69) is 10.1 Å². The number of aryl methyl sites for hydroxylation is 2. The number of rotatable bonds is 2. The fourth-order valence-corrected chi connectivity index (χ4v) is 2.44. The highest BCUT2D eigenvalue weighted by molar-refractivity contribution is 5.85. The van der Waals surface area contributed by atoms with E-state index in [0.717, 1.165) is 27.6 Å². The van der Waals surface area contributed by atoms with Crippen molar-refractivity contribution in [3.05, 3.63) is 59.7 Å². The normalized spacial score (nSPS) is 12.8. The summed E-state index contributed by atoms with van der Waals surface area (Å²) >= 11 is 0. The first-order valence-corrected chi connectivity index (χ1v) is 6.17. The summed E-state index contributed by atoms with van der Waals surface area (Å²) in [5, 5.41) is 16.9. The lowest BCUT2D eigenvalue weighted by atomic mass is 9.97. The van der Waals surface area contributed by atoms with Gasteiger partial charge in [-0.2, -0.15) is 5.10 Å². The van der Waals surface area contributed by atoms with Crippen LogP contribution in [0.4, 0.5) is 0 Å². The molecule has 4 nitrogen and oxygen atoms in total. The molecule has 1 aromatic carbocycles. The molecule has 2 aromatic heterocycles. The SMILES string of the molecule is Cc1nn(C)cc1C(O)c1cccc2cnccc12. The first-order chi connectivity index (χ1) is 9.16. The third-order valence-corrected chi connectivity index (χ3v) is 3.36. The molecule has 0 fully saturated rings. The Labute approximate surface area is 111 Å². The fourth-order valence-electron chi connectivity index (χ4n) is 2.44. The van der Waals surface area contributed by atoms with Crippen LogP contribution in [-0.4, -0.2) is 19.9 Å². The van der Waals surface area contributed by atoms with Crippen molar-refractivity contribution in [2.75, 3.05) is 0 Å². The second-order valence-electron chi connectivity index (χ2n) is 4.69. The molecule has 1 N–H and O–H groups in total. The van der Waals surface area contributed by atoms with Crippen molar-refractivity contribution >= 4 is 10.8 Å². The van der Waals surface area contributed by atoms with Gasteiger partial charge in [0.15, 0.2) is 0 Å². The lowest BCUT2D eigenvalue weighted by Crippen LogP contribution is -2.01. The Bertz CT molecular complexity index is 728. The summed E-state index contributed by atoms with van der Waals surface area (Å²) in [6, 6.07) is 7.81. The van der Waals surface area contributed by atoms with Crippen molar-refractivity contribution in [1.29, 1.82) is 0 Å². The van der Waals surface area contributed by atoms with E-state index in [9.17, 15) is 5.11 Å². The van der Waals surface area contributed by atoms with Crippen molar-refractivity contribution in [3.8, 4) is 0 Å². The summed E-state index contributed by atoms with van der Waals surface area (Å²) in [4.78, 5) is 4.11. The zero-order chi connectivity index (χ0) is 13.4. The van der Waals surface area contributed by atoms with Gasteiger partial charge in [-0.05, 0) is 23.9 Å².